The number of benzene rings is 1. The maximum Gasteiger partial charge on any atom is 0.161 e. The standard InChI is InChI=1S/C17H17N3O2/c1-2-4-15-14(3-1)21-11-13(22-15)8-10-18-16-6-5-12-7-9-19-17(12)20-16/h1-7,9,13H,8,10-11H2,(H2,18,19,20). The molecule has 22 heavy (non-hydrogen) atoms. The third-order valence-electron chi connectivity index (χ3n) is 3.75. The molecule has 1 aliphatic rings. The van der Waals surface area contributed by atoms with Crippen LogP contribution in [-0.2, 0) is 0 Å². The Morgan fingerprint density at radius 3 is 3.00 bits per heavy atom. The van der Waals surface area contributed by atoms with Crippen LogP contribution in [-0.4, -0.2) is 29.2 Å². The summed E-state index contributed by atoms with van der Waals surface area (Å²) in [5.41, 5.74) is 0.899. The van der Waals surface area contributed by atoms with Crippen LogP contribution >= 0.6 is 0 Å². The zero-order chi connectivity index (χ0) is 14.8. The zero-order valence-electron chi connectivity index (χ0n) is 12.1. The number of anilines is 1. The first-order valence-corrected chi connectivity index (χ1v) is 7.45. The lowest BCUT2D eigenvalue weighted by molar-refractivity contribution is 0.0873. The fourth-order valence-electron chi connectivity index (χ4n) is 2.60. The van der Waals surface area contributed by atoms with Gasteiger partial charge in [-0.15, -0.1) is 0 Å². The second-order valence-electron chi connectivity index (χ2n) is 5.33. The molecule has 1 aliphatic heterocycles. The quantitative estimate of drug-likeness (QED) is 0.776. The van der Waals surface area contributed by atoms with E-state index in [4.69, 9.17) is 9.47 Å². The number of para-hydroxylation sites is 2. The molecule has 4 rings (SSSR count). The average molecular weight is 295 g/mol. The van der Waals surface area contributed by atoms with Crippen molar-refractivity contribution < 1.29 is 9.47 Å². The van der Waals surface area contributed by atoms with Crippen LogP contribution < -0.4 is 14.8 Å². The van der Waals surface area contributed by atoms with Crippen molar-refractivity contribution in [2.24, 2.45) is 0 Å². The molecule has 112 valence electrons. The molecule has 2 aromatic heterocycles. The van der Waals surface area contributed by atoms with Gasteiger partial charge in [-0.2, -0.15) is 0 Å². The summed E-state index contributed by atoms with van der Waals surface area (Å²) >= 11 is 0. The van der Waals surface area contributed by atoms with Gasteiger partial charge in [0, 0.05) is 24.5 Å². The molecule has 0 spiro atoms. The molecule has 0 amide bonds. The van der Waals surface area contributed by atoms with E-state index in [1.165, 1.54) is 0 Å². The SMILES string of the molecule is c1ccc2c(c1)OCC(CCNc1ccc3cc[nH]c3n1)O2. The molecule has 0 aliphatic carbocycles. The number of nitrogens with one attached hydrogen (secondary N) is 2. The van der Waals surface area contributed by atoms with E-state index in [2.05, 4.69) is 21.4 Å². The highest BCUT2D eigenvalue weighted by Gasteiger charge is 2.19. The number of hydrogen-bond donors (Lipinski definition) is 2. The second-order valence-corrected chi connectivity index (χ2v) is 5.33. The van der Waals surface area contributed by atoms with Gasteiger partial charge in [-0.05, 0) is 30.3 Å². The van der Waals surface area contributed by atoms with Crippen molar-refractivity contribution in [1.82, 2.24) is 9.97 Å². The normalized spacial score (nSPS) is 16.6. The topological polar surface area (TPSA) is 59.2 Å². The van der Waals surface area contributed by atoms with Crippen LogP contribution in [0, 0.1) is 0 Å². The fraction of sp³-hybridized carbons (Fsp3) is 0.235. The molecule has 2 N–H and O–H groups in total. The Balaban J connectivity index is 1.34. The number of ether oxygens (including phenoxy) is 2. The third-order valence-corrected chi connectivity index (χ3v) is 3.75. The van der Waals surface area contributed by atoms with Crippen molar-refractivity contribution in [3.8, 4) is 11.5 Å². The second kappa shape index (κ2) is 5.60. The first-order chi connectivity index (χ1) is 10.9. The molecule has 1 unspecified atom stereocenters. The van der Waals surface area contributed by atoms with Gasteiger partial charge in [-0.3, -0.25) is 0 Å². The first-order valence-electron chi connectivity index (χ1n) is 7.45. The molecule has 1 atom stereocenters. The van der Waals surface area contributed by atoms with Crippen molar-refractivity contribution in [2.75, 3.05) is 18.5 Å². The number of rotatable bonds is 4. The maximum absolute atomic E-state index is 5.94. The Labute approximate surface area is 128 Å². The van der Waals surface area contributed by atoms with Gasteiger partial charge in [-0.25, -0.2) is 4.98 Å². The highest BCUT2D eigenvalue weighted by Crippen LogP contribution is 2.31. The van der Waals surface area contributed by atoms with Gasteiger partial charge in [0.15, 0.2) is 11.5 Å². The summed E-state index contributed by atoms with van der Waals surface area (Å²) in [5, 5.41) is 4.45. The zero-order valence-corrected chi connectivity index (χ0v) is 12.1. The molecule has 1 aromatic carbocycles. The number of aromatic nitrogens is 2. The van der Waals surface area contributed by atoms with E-state index in [9.17, 15) is 0 Å². The number of aromatic amines is 1. The Kier molecular flexibility index (Phi) is 3.31. The number of hydrogen-bond acceptors (Lipinski definition) is 4. The Bertz CT molecular complexity index is 784. The van der Waals surface area contributed by atoms with Crippen LogP contribution in [0.2, 0.25) is 0 Å². The predicted molar refractivity (Wildman–Crippen MR) is 85.6 cm³/mol. The van der Waals surface area contributed by atoms with Gasteiger partial charge in [0.1, 0.15) is 24.2 Å². The number of H-pyrrole nitrogens is 1. The molecule has 5 heteroatoms. The van der Waals surface area contributed by atoms with Gasteiger partial charge in [0.25, 0.3) is 0 Å². The summed E-state index contributed by atoms with van der Waals surface area (Å²) < 4.78 is 11.6. The minimum absolute atomic E-state index is 0.0663. The van der Waals surface area contributed by atoms with Crippen molar-refractivity contribution in [3.05, 3.63) is 48.7 Å². The van der Waals surface area contributed by atoms with Crippen LogP contribution in [0.25, 0.3) is 11.0 Å². The number of fused-ring (bicyclic) bond motifs is 2. The molecule has 3 heterocycles. The van der Waals surface area contributed by atoms with E-state index in [0.29, 0.717) is 6.61 Å². The monoisotopic (exact) mass is 295 g/mol. The van der Waals surface area contributed by atoms with Crippen LogP contribution in [0.1, 0.15) is 6.42 Å². The summed E-state index contributed by atoms with van der Waals surface area (Å²) in [5.74, 6) is 2.52. The Hall–Kier alpha value is -2.69. The average Bonchev–Trinajstić information content (AvgIpc) is 3.02. The van der Waals surface area contributed by atoms with Gasteiger partial charge in [0.05, 0.1) is 0 Å². The molecular weight excluding hydrogens is 278 g/mol. The van der Waals surface area contributed by atoms with E-state index in [-0.39, 0.29) is 6.10 Å². The van der Waals surface area contributed by atoms with E-state index >= 15 is 0 Å². The molecule has 3 aromatic rings. The molecular formula is C17H17N3O2. The summed E-state index contributed by atoms with van der Waals surface area (Å²) in [6.45, 7) is 1.37. The smallest absolute Gasteiger partial charge is 0.161 e. The van der Waals surface area contributed by atoms with Crippen LogP contribution in [0.3, 0.4) is 0 Å². The lowest BCUT2D eigenvalue weighted by Crippen LogP contribution is -2.31. The Morgan fingerprint density at radius 2 is 2.05 bits per heavy atom. The van der Waals surface area contributed by atoms with E-state index in [1.54, 1.807) is 0 Å². The van der Waals surface area contributed by atoms with Gasteiger partial charge >= 0.3 is 0 Å². The van der Waals surface area contributed by atoms with E-state index < -0.39 is 0 Å². The number of pyridine rings is 1. The van der Waals surface area contributed by atoms with Crippen molar-refractivity contribution in [1.29, 1.82) is 0 Å². The summed E-state index contributed by atoms with van der Waals surface area (Å²) in [6, 6.07) is 13.8. The first kappa shape index (κ1) is 13.0. The highest BCUT2D eigenvalue weighted by atomic mass is 16.6. The molecule has 5 nitrogen and oxygen atoms in total. The maximum atomic E-state index is 5.94. The highest BCUT2D eigenvalue weighted by molar-refractivity contribution is 5.77. The van der Waals surface area contributed by atoms with Crippen molar-refractivity contribution >= 4 is 16.9 Å². The fourth-order valence-corrected chi connectivity index (χ4v) is 2.60. The summed E-state index contributed by atoms with van der Waals surface area (Å²) in [7, 11) is 0. The lowest BCUT2D eigenvalue weighted by atomic mass is 10.2. The van der Waals surface area contributed by atoms with Gasteiger partial charge in [-0.1, -0.05) is 12.1 Å². The molecule has 0 radical (unpaired) electrons. The molecule has 0 saturated heterocycles. The minimum Gasteiger partial charge on any atom is -0.486 e. The van der Waals surface area contributed by atoms with Crippen molar-refractivity contribution in [3.63, 3.8) is 0 Å². The molecule has 0 saturated carbocycles. The number of nitrogens with zero attached hydrogens (tertiary/aromatic N) is 1. The molecule has 0 fully saturated rings. The van der Waals surface area contributed by atoms with Gasteiger partial charge < -0.3 is 19.8 Å². The predicted octanol–water partition coefficient (Wildman–Crippen LogP) is 3.20. The largest absolute Gasteiger partial charge is 0.486 e. The van der Waals surface area contributed by atoms with E-state index in [1.807, 2.05) is 42.6 Å². The van der Waals surface area contributed by atoms with Gasteiger partial charge in [0.2, 0.25) is 0 Å². The van der Waals surface area contributed by atoms with Crippen molar-refractivity contribution in [2.45, 2.75) is 12.5 Å². The summed E-state index contributed by atoms with van der Waals surface area (Å²) in [4.78, 5) is 7.63. The summed E-state index contributed by atoms with van der Waals surface area (Å²) in [6.07, 6.45) is 2.82. The molecule has 0 bridgehead atoms. The minimum atomic E-state index is 0.0663. The lowest BCUT2D eigenvalue weighted by Gasteiger charge is -2.26. The van der Waals surface area contributed by atoms with Crippen LogP contribution in [0.5, 0.6) is 11.5 Å². The third kappa shape index (κ3) is 2.57. The Morgan fingerprint density at radius 1 is 1.14 bits per heavy atom. The van der Waals surface area contributed by atoms with E-state index in [0.717, 1.165) is 41.3 Å². The van der Waals surface area contributed by atoms with Crippen LogP contribution in [0.15, 0.2) is 48.7 Å². The van der Waals surface area contributed by atoms with Crippen LogP contribution in [0.4, 0.5) is 5.82 Å².